The van der Waals surface area contributed by atoms with Crippen LogP contribution in [0.5, 0.6) is 0 Å². The number of fused-ring (bicyclic) bond motifs is 1. The Bertz CT molecular complexity index is 954. The van der Waals surface area contributed by atoms with E-state index in [1.807, 2.05) is 6.92 Å². The zero-order chi connectivity index (χ0) is 16.4. The fraction of sp³-hybridized carbons (Fsp3) is 0.200. The van der Waals surface area contributed by atoms with Crippen molar-refractivity contribution in [3.63, 3.8) is 0 Å². The molecule has 3 heterocycles. The minimum absolute atomic E-state index is 0.200. The van der Waals surface area contributed by atoms with Gasteiger partial charge in [-0.1, -0.05) is 0 Å². The molecule has 0 aliphatic heterocycles. The number of aromatic nitrogens is 4. The van der Waals surface area contributed by atoms with Gasteiger partial charge in [0, 0.05) is 24.1 Å². The maximum atomic E-state index is 13.2. The molecule has 0 unspecified atom stereocenters. The fourth-order valence-electron chi connectivity index (χ4n) is 2.36. The highest BCUT2D eigenvalue weighted by Gasteiger charge is 2.17. The summed E-state index contributed by atoms with van der Waals surface area (Å²) in [6.07, 6.45) is 3.10. The molecule has 7 nitrogen and oxygen atoms in total. The number of nitrogens with one attached hydrogen (secondary N) is 2. The van der Waals surface area contributed by atoms with E-state index in [0.717, 1.165) is 0 Å². The van der Waals surface area contributed by atoms with E-state index < -0.39 is 5.95 Å². The van der Waals surface area contributed by atoms with Gasteiger partial charge in [-0.25, -0.2) is 4.98 Å². The Hall–Kier alpha value is -3.21. The number of nitrogens with zero attached hydrogens (tertiary/aromatic N) is 4. The van der Waals surface area contributed by atoms with Crippen LogP contribution < -0.4 is 10.9 Å². The summed E-state index contributed by atoms with van der Waals surface area (Å²) in [4.78, 5) is 18.2. The summed E-state index contributed by atoms with van der Waals surface area (Å²) in [7, 11) is 0. The summed E-state index contributed by atoms with van der Waals surface area (Å²) in [6.45, 7) is 1.84. The first-order valence-corrected chi connectivity index (χ1v) is 6.95. The number of aromatic amines is 1. The van der Waals surface area contributed by atoms with Crippen LogP contribution in [-0.2, 0) is 0 Å². The second kappa shape index (κ2) is 5.88. The number of hydrogen-bond donors (Lipinski definition) is 2. The second-order valence-corrected chi connectivity index (χ2v) is 5.06. The van der Waals surface area contributed by atoms with Gasteiger partial charge in [-0.2, -0.15) is 14.8 Å². The Morgan fingerprint density at radius 3 is 3.09 bits per heavy atom. The van der Waals surface area contributed by atoms with Crippen molar-refractivity contribution in [2.24, 2.45) is 0 Å². The third-order valence-corrected chi connectivity index (χ3v) is 3.42. The molecule has 23 heavy (non-hydrogen) atoms. The van der Waals surface area contributed by atoms with Crippen LogP contribution in [0, 0.1) is 17.3 Å². The summed E-state index contributed by atoms with van der Waals surface area (Å²) >= 11 is 0. The molecule has 0 bridgehead atoms. The fourth-order valence-corrected chi connectivity index (χ4v) is 2.36. The zero-order valence-electron chi connectivity index (χ0n) is 12.2. The van der Waals surface area contributed by atoms with Crippen LogP contribution in [0.4, 0.5) is 15.9 Å². The van der Waals surface area contributed by atoms with E-state index in [-0.39, 0.29) is 18.0 Å². The molecule has 0 saturated heterocycles. The number of halogens is 1. The molecular formula is C15H13FN6O. The van der Waals surface area contributed by atoms with Crippen LogP contribution in [0.2, 0.25) is 0 Å². The van der Waals surface area contributed by atoms with Crippen molar-refractivity contribution in [2.75, 3.05) is 5.32 Å². The molecule has 0 fully saturated rings. The lowest BCUT2D eigenvalue weighted by molar-refractivity contribution is 0.518. The molecule has 0 aliphatic carbocycles. The molecule has 2 N–H and O–H groups in total. The first-order chi connectivity index (χ1) is 11.1. The monoisotopic (exact) mass is 312 g/mol. The maximum absolute atomic E-state index is 13.2. The summed E-state index contributed by atoms with van der Waals surface area (Å²) < 4.78 is 14.8. The highest BCUT2D eigenvalue weighted by molar-refractivity contribution is 5.91. The van der Waals surface area contributed by atoms with Gasteiger partial charge in [0.05, 0.1) is 24.0 Å². The van der Waals surface area contributed by atoms with Crippen LogP contribution >= 0.6 is 0 Å². The van der Waals surface area contributed by atoms with Gasteiger partial charge in [-0.05, 0) is 19.1 Å². The van der Waals surface area contributed by atoms with E-state index in [2.05, 4.69) is 26.5 Å². The number of rotatable bonds is 4. The average Bonchev–Trinajstić information content (AvgIpc) is 2.88. The van der Waals surface area contributed by atoms with Crippen molar-refractivity contribution < 1.29 is 4.39 Å². The molecule has 3 rings (SSSR count). The quantitative estimate of drug-likeness (QED) is 0.721. The number of pyridine rings is 2. The molecule has 0 aliphatic rings. The summed E-state index contributed by atoms with van der Waals surface area (Å²) in [5.74, 6) is -0.331. The molecule has 1 atom stereocenters. The standard InChI is InChI=1S/C15H13FN6O/c1-9(2-5-17)22-11-4-7-19-15(23)13(11)14(21-22)20-10-3-6-18-12(16)8-10/h3-4,6-9H,2H2,1H3,(H,19,23)(H,18,20,21)/t9-/m1/s1. The van der Waals surface area contributed by atoms with Crippen LogP contribution in [0.3, 0.4) is 0 Å². The van der Waals surface area contributed by atoms with Gasteiger partial charge in [-0.15, -0.1) is 0 Å². The van der Waals surface area contributed by atoms with E-state index in [1.54, 1.807) is 16.8 Å². The van der Waals surface area contributed by atoms with Crippen molar-refractivity contribution in [3.05, 3.63) is 46.9 Å². The minimum atomic E-state index is -0.634. The van der Waals surface area contributed by atoms with Gasteiger partial charge in [0.25, 0.3) is 5.56 Å². The molecule has 3 aromatic heterocycles. The summed E-state index contributed by atoms with van der Waals surface area (Å²) in [6, 6.07) is 6.39. The topological polar surface area (TPSA) is 99.4 Å². The van der Waals surface area contributed by atoms with Crippen molar-refractivity contribution in [2.45, 2.75) is 19.4 Å². The van der Waals surface area contributed by atoms with Gasteiger partial charge in [0.1, 0.15) is 5.39 Å². The molecule has 3 aromatic rings. The Balaban J connectivity index is 2.13. The molecule has 0 radical (unpaired) electrons. The summed E-state index contributed by atoms with van der Waals surface area (Å²) in [5.41, 5.74) is 0.726. The van der Waals surface area contributed by atoms with Gasteiger partial charge in [-0.3, -0.25) is 9.48 Å². The third-order valence-electron chi connectivity index (χ3n) is 3.42. The van der Waals surface area contributed by atoms with E-state index in [1.165, 1.54) is 18.5 Å². The molecule has 0 saturated carbocycles. The van der Waals surface area contributed by atoms with E-state index in [9.17, 15) is 9.18 Å². The lowest BCUT2D eigenvalue weighted by atomic mass is 10.2. The minimum Gasteiger partial charge on any atom is -0.338 e. The molecule has 116 valence electrons. The van der Waals surface area contributed by atoms with Crippen LogP contribution in [0.1, 0.15) is 19.4 Å². The lowest BCUT2D eigenvalue weighted by Crippen LogP contribution is -2.08. The Labute approximate surface area is 130 Å². The predicted octanol–water partition coefficient (Wildman–Crippen LogP) is 2.48. The molecule has 0 aromatic carbocycles. The van der Waals surface area contributed by atoms with Crippen molar-refractivity contribution in [3.8, 4) is 6.07 Å². The van der Waals surface area contributed by atoms with Crippen LogP contribution in [0.25, 0.3) is 10.9 Å². The van der Waals surface area contributed by atoms with Crippen molar-refractivity contribution in [1.82, 2.24) is 19.7 Å². The maximum Gasteiger partial charge on any atom is 0.261 e. The first kappa shape index (κ1) is 14.7. The first-order valence-electron chi connectivity index (χ1n) is 6.95. The van der Waals surface area contributed by atoms with Crippen LogP contribution in [0.15, 0.2) is 35.4 Å². The third kappa shape index (κ3) is 2.76. The van der Waals surface area contributed by atoms with Gasteiger partial charge in [0.15, 0.2) is 5.82 Å². The summed E-state index contributed by atoms with van der Waals surface area (Å²) in [5, 5.41) is 16.5. The molecule has 0 spiro atoms. The van der Waals surface area contributed by atoms with Gasteiger partial charge < -0.3 is 10.3 Å². The predicted molar refractivity (Wildman–Crippen MR) is 82.8 cm³/mol. The van der Waals surface area contributed by atoms with Crippen LogP contribution in [-0.4, -0.2) is 19.7 Å². The smallest absolute Gasteiger partial charge is 0.261 e. The molecule has 0 amide bonds. The number of hydrogen-bond acceptors (Lipinski definition) is 5. The van der Waals surface area contributed by atoms with Gasteiger partial charge >= 0.3 is 0 Å². The largest absolute Gasteiger partial charge is 0.338 e. The number of anilines is 2. The SMILES string of the molecule is C[C@H](CC#N)n1nc(Nc2ccnc(F)c2)c2c(=O)[nH]ccc21. The van der Waals surface area contributed by atoms with E-state index >= 15 is 0 Å². The Morgan fingerprint density at radius 1 is 1.52 bits per heavy atom. The molecular weight excluding hydrogens is 299 g/mol. The number of H-pyrrole nitrogens is 1. The van der Waals surface area contributed by atoms with E-state index in [4.69, 9.17) is 5.26 Å². The highest BCUT2D eigenvalue weighted by Crippen LogP contribution is 2.26. The number of nitriles is 1. The zero-order valence-corrected chi connectivity index (χ0v) is 12.2. The Morgan fingerprint density at radius 2 is 2.35 bits per heavy atom. The Kier molecular flexibility index (Phi) is 3.76. The highest BCUT2D eigenvalue weighted by atomic mass is 19.1. The van der Waals surface area contributed by atoms with Crippen molar-refractivity contribution >= 4 is 22.4 Å². The lowest BCUT2D eigenvalue weighted by Gasteiger charge is -2.08. The average molecular weight is 312 g/mol. The molecule has 8 heteroatoms. The van der Waals surface area contributed by atoms with E-state index in [0.29, 0.717) is 22.4 Å². The van der Waals surface area contributed by atoms with Crippen molar-refractivity contribution in [1.29, 1.82) is 5.26 Å². The second-order valence-electron chi connectivity index (χ2n) is 5.06. The van der Waals surface area contributed by atoms with Gasteiger partial charge in [0.2, 0.25) is 5.95 Å². The normalized spacial score (nSPS) is 12.0.